The van der Waals surface area contributed by atoms with E-state index in [4.69, 9.17) is 9.47 Å². The van der Waals surface area contributed by atoms with Gasteiger partial charge in [0.15, 0.2) is 6.29 Å². The summed E-state index contributed by atoms with van der Waals surface area (Å²) >= 11 is 0. The van der Waals surface area contributed by atoms with Gasteiger partial charge >= 0.3 is 6.03 Å². The zero-order chi connectivity index (χ0) is 26.9. The highest BCUT2D eigenvalue weighted by Crippen LogP contribution is 2.23. The molecule has 1 N–H and O–H groups in total. The van der Waals surface area contributed by atoms with E-state index >= 15 is 0 Å². The Balaban J connectivity index is 1.74. The van der Waals surface area contributed by atoms with Crippen molar-refractivity contribution < 1.29 is 23.9 Å². The number of anilines is 2. The van der Waals surface area contributed by atoms with Gasteiger partial charge in [0.1, 0.15) is 52.5 Å². The number of pyridine rings is 2. The SMILES string of the molecule is COCC(C)Oc1cc(NC(=O)N(C)c2ccc(CN3CCN(C)CC3=C=O)c(C=O)n2)ncc1C#N. The first-order valence-corrected chi connectivity index (χ1v) is 11.5. The van der Waals surface area contributed by atoms with E-state index in [0.717, 1.165) is 6.54 Å². The summed E-state index contributed by atoms with van der Waals surface area (Å²) < 4.78 is 10.8. The maximum absolute atomic E-state index is 12.9. The Labute approximate surface area is 215 Å². The van der Waals surface area contributed by atoms with Crippen LogP contribution in [0.25, 0.3) is 0 Å². The summed E-state index contributed by atoms with van der Waals surface area (Å²) in [5.41, 5.74) is 1.53. The minimum Gasteiger partial charge on any atom is -0.487 e. The van der Waals surface area contributed by atoms with Crippen LogP contribution in [0.3, 0.4) is 0 Å². The first-order valence-electron chi connectivity index (χ1n) is 11.5. The molecule has 1 saturated heterocycles. The van der Waals surface area contributed by atoms with Crippen LogP contribution in [-0.4, -0.2) is 91.6 Å². The van der Waals surface area contributed by atoms with Crippen LogP contribution in [0.5, 0.6) is 5.75 Å². The summed E-state index contributed by atoms with van der Waals surface area (Å²) in [6.07, 6.45) is 1.61. The highest BCUT2D eigenvalue weighted by molar-refractivity contribution is 6.00. The van der Waals surface area contributed by atoms with E-state index in [1.54, 1.807) is 26.2 Å². The molecule has 0 saturated carbocycles. The lowest BCUT2D eigenvalue weighted by molar-refractivity contribution is 0.0919. The highest BCUT2D eigenvalue weighted by Gasteiger charge is 2.22. The Kier molecular flexibility index (Phi) is 9.29. The minimum absolute atomic E-state index is 0.167. The van der Waals surface area contributed by atoms with Crippen LogP contribution in [0.15, 0.2) is 30.1 Å². The molecule has 3 heterocycles. The fourth-order valence-electron chi connectivity index (χ4n) is 3.72. The monoisotopic (exact) mass is 507 g/mol. The number of carbonyl (C=O) groups excluding carboxylic acids is 3. The van der Waals surface area contributed by atoms with Gasteiger partial charge in [0, 0.05) is 52.0 Å². The standard InChI is InChI=1S/C25H29N7O5/c1-17(16-36-4)37-22-9-23(27-11-19(22)10-26)29-25(35)31(3)24-6-5-18(21(15-34)28-24)12-32-8-7-30(2)13-20(32)14-33/h5-6,9,11,15,17H,7-8,12-13,16H2,1-4H3,(H,27,29,35). The summed E-state index contributed by atoms with van der Waals surface area (Å²) in [6.45, 7) is 4.32. The maximum atomic E-state index is 12.9. The average molecular weight is 508 g/mol. The van der Waals surface area contributed by atoms with Crippen LogP contribution in [0, 0.1) is 11.3 Å². The van der Waals surface area contributed by atoms with Crippen LogP contribution >= 0.6 is 0 Å². The second-order valence-corrected chi connectivity index (χ2v) is 8.59. The number of nitrogens with one attached hydrogen (secondary N) is 1. The molecular formula is C25H29N7O5. The van der Waals surface area contributed by atoms with Crippen LogP contribution in [0.1, 0.15) is 28.5 Å². The lowest BCUT2D eigenvalue weighted by atomic mass is 10.1. The number of likely N-dealkylation sites (N-methyl/N-ethyl adjacent to an activating group) is 1. The molecule has 1 fully saturated rings. The van der Waals surface area contributed by atoms with Crippen molar-refractivity contribution >= 4 is 29.9 Å². The topological polar surface area (TPSA) is 141 Å². The zero-order valence-electron chi connectivity index (χ0n) is 21.2. The van der Waals surface area contributed by atoms with Crippen molar-refractivity contribution in [2.45, 2.75) is 19.6 Å². The molecule has 0 aliphatic carbocycles. The summed E-state index contributed by atoms with van der Waals surface area (Å²) in [6, 6.07) is 6.23. The Hall–Kier alpha value is -4.30. The number of nitrogens with zero attached hydrogens (tertiary/aromatic N) is 6. The van der Waals surface area contributed by atoms with E-state index in [9.17, 15) is 19.6 Å². The van der Waals surface area contributed by atoms with Crippen molar-refractivity contribution in [3.63, 3.8) is 0 Å². The van der Waals surface area contributed by atoms with Crippen molar-refractivity contribution in [3.05, 3.63) is 46.9 Å². The van der Waals surface area contributed by atoms with Gasteiger partial charge in [-0.25, -0.2) is 19.6 Å². The van der Waals surface area contributed by atoms with Crippen molar-refractivity contribution in [2.24, 2.45) is 0 Å². The van der Waals surface area contributed by atoms with Gasteiger partial charge in [-0.2, -0.15) is 5.26 Å². The van der Waals surface area contributed by atoms with E-state index in [-0.39, 0.29) is 34.7 Å². The quantitative estimate of drug-likeness (QED) is 0.394. The molecular weight excluding hydrogens is 478 g/mol. The number of amides is 2. The number of hydrogen-bond donors (Lipinski definition) is 1. The average Bonchev–Trinajstić information content (AvgIpc) is 2.89. The minimum atomic E-state index is -0.560. The highest BCUT2D eigenvalue weighted by atomic mass is 16.5. The Bertz CT molecular complexity index is 1240. The van der Waals surface area contributed by atoms with Crippen molar-refractivity contribution in [2.75, 3.05) is 57.7 Å². The fraction of sp³-hybridized carbons (Fsp3) is 0.400. The third-order valence-corrected chi connectivity index (χ3v) is 5.74. The van der Waals surface area contributed by atoms with E-state index in [2.05, 4.69) is 15.3 Å². The van der Waals surface area contributed by atoms with Gasteiger partial charge < -0.3 is 14.4 Å². The zero-order valence-corrected chi connectivity index (χ0v) is 21.2. The number of aldehydes is 1. The first-order chi connectivity index (χ1) is 17.8. The second kappa shape index (κ2) is 12.6. The number of carbonyl (C=O) groups is 2. The first kappa shape index (κ1) is 27.3. The molecule has 1 aliphatic heterocycles. The number of hydrogen-bond acceptors (Lipinski definition) is 10. The molecule has 2 amide bonds. The summed E-state index contributed by atoms with van der Waals surface area (Å²) in [7, 11) is 4.97. The summed E-state index contributed by atoms with van der Waals surface area (Å²) in [5, 5.41) is 12.0. The molecule has 1 atom stereocenters. The van der Waals surface area contributed by atoms with Crippen LogP contribution in [0.4, 0.5) is 16.4 Å². The van der Waals surface area contributed by atoms with Crippen molar-refractivity contribution in [3.8, 4) is 11.8 Å². The van der Waals surface area contributed by atoms with Gasteiger partial charge in [0.05, 0.1) is 12.8 Å². The Morgan fingerprint density at radius 1 is 1.38 bits per heavy atom. The third kappa shape index (κ3) is 6.89. The van der Waals surface area contributed by atoms with E-state index < -0.39 is 6.03 Å². The van der Waals surface area contributed by atoms with Crippen molar-refractivity contribution in [1.82, 2.24) is 19.8 Å². The van der Waals surface area contributed by atoms with E-state index in [1.807, 2.05) is 28.9 Å². The van der Waals surface area contributed by atoms with E-state index in [1.165, 1.54) is 24.2 Å². The van der Waals surface area contributed by atoms with Crippen molar-refractivity contribution in [1.29, 1.82) is 5.26 Å². The molecule has 1 unspecified atom stereocenters. The Morgan fingerprint density at radius 3 is 2.84 bits per heavy atom. The van der Waals surface area contributed by atoms with Gasteiger partial charge in [0.25, 0.3) is 0 Å². The maximum Gasteiger partial charge on any atom is 0.328 e. The second-order valence-electron chi connectivity index (χ2n) is 8.59. The van der Waals surface area contributed by atoms with Gasteiger partial charge in [-0.3, -0.25) is 19.9 Å². The summed E-state index contributed by atoms with van der Waals surface area (Å²) in [5.74, 6) is 2.66. The third-order valence-electron chi connectivity index (χ3n) is 5.74. The molecule has 2 aromatic rings. The number of nitriles is 1. The number of urea groups is 1. The lowest BCUT2D eigenvalue weighted by Crippen LogP contribution is -2.42. The molecule has 194 valence electrons. The number of ether oxygens (including phenoxy) is 2. The van der Waals surface area contributed by atoms with Gasteiger partial charge in [-0.15, -0.1) is 0 Å². The molecule has 2 aromatic heterocycles. The number of rotatable bonds is 9. The van der Waals surface area contributed by atoms with Gasteiger partial charge in [-0.05, 0) is 20.0 Å². The predicted molar refractivity (Wildman–Crippen MR) is 135 cm³/mol. The largest absolute Gasteiger partial charge is 0.487 e. The lowest BCUT2D eigenvalue weighted by Gasteiger charge is -2.34. The van der Waals surface area contributed by atoms with Gasteiger partial charge in [-0.1, -0.05) is 6.07 Å². The normalized spacial score (nSPS) is 14.4. The number of piperazine rings is 1. The molecule has 3 rings (SSSR count). The summed E-state index contributed by atoms with van der Waals surface area (Å²) in [4.78, 5) is 49.6. The number of methoxy groups -OCH3 is 1. The van der Waals surface area contributed by atoms with Crippen LogP contribution in [0.2, 0.25) is 0 Å². The smallest absolute Gasteiger partial charge is 0.328 e. The molecule has 0 radical (unpaired) electrons. The number of aromatic nitrogens is 2. The fourth-order valence-corrected chi connectivity index (χ4v) is 3.72. The molecule has 0 aromatic carbocycles. The van der Waals surface area contributed by atoms with Crippen LogP contribution < -0.4 is 15.0 Å². The molecule has 37 heavy (non-hydrogen) atoms. The molecule has 0 spiro atoms. The van der Waals surface area contributed by atoms with Crippen LogP contribution in [-0.2, 0) is 16.1 Å². The molecule has 12 nitrogen and oxygen atoms in total. The molecule has 0 bridgehead atoms. The molecule has 12 heteroatoms. The molecule has 1 aliphatic rings. The van der Waals surface area contributed by atoms with E-state index in [0.29, 0.717) is 43.8 Å². The van der Waals surface area contributed by atoms with Gasteiger partial charge in [0.2, 0.25) is 0 Å². The Morgan fingerprint density at radius 2 is 2.16 bits per heavy atom. The predicted octanol–water partition coefficient (Wildman–Crippen LogP) is 1.71.